The molecule has 0 spiro atoms. The summed E-state index contributed by atoms with van der Waals surface area (Å²) in [5.74, 6) is 0.206. The largest absolute Gasteiger partial charge is 0.350 e. The molecule has 2 aromatic heterocycles. The molecule has 5 nitrogen and oxygen atoms in total. The molecule has 1 aliphatic heterocycles. The van der Waals surface area contributed by atoms with E-state index in [1.807, 2.05) is 41.9 Å². The molecule has 0 radical (unpaired) electrons. The molecule has 0 N–H and O–H groups in total. The minimum atomic E-state index is 0.206. The number of likely N-dealkylation sites (tertiary alicyclic amines) is 1. The van der Waals surface area contributed by atoms with E-state index in [1.54, 1.807) is 0 Å². The summed E-state index contributed by atoms with van der Waals surface area (Å²) in [4.78, 5) is 14.7. The van der Waals surface area contributed by atoms with Gasteiger partial charge in [0, 0.05) is 43.4 Å². The predicted molar refractivity (Wildman–Crippen MR) is 93.8 cm³/mol. The molecule has 3 heterocycles. The van der Waals surface area contributed by atoms with Crippen LogP contribution in [0.15, 0.2) is 42.9 Å². The highest BCUT2D eigenvalue weighted by Gasteiger charge is 2.28. The van der Waals surface area contributed by atoms with Crippen molar-refractivity contribution in [2.24, 2.45) is 7.05 Å². The Morgan fingerprint density at radius 2 is 2.12 bits per heavy atom. The summed E-state index contributed by atoms with van der Waals surface area (Å²) in [6.07, 6.45) is 7.45. The van der Waals surface area contributed by atoms with Gasteiger partial charge in [-0.1, -0.05) is 18.2 Å². The van der Waals surface area contributed by atoms with Crippen molar-refractivity contribution >= 4 is 16.8 Å². The van der Waals surface area contributed by atoms with Gasteiger partial charge in [0.1, 0.15) is 0 Å². The van der Waals surface area contributed by atoms with Gasteiger partial charge in [-0.2, -0.15) is 5.10 Å². The number of para-hydroxylation sites is 1. The fourth-order valence-electron chi connectivity index (χ4n) is 3.66. The molecule has 5 heteroatoms. The maximum Gasteiger partial charge on any atom is 0.227 e. The fourth-order valence-corrected chi connectivity index (χ4v) is 3.66. The smallest absolute Gasteiger partial charge is 0.227 e. The van der Waals surface area contributed by atoms with E-state index in [9.17, 15) is 4.79 Å². The number of aromatic nitrogens is 3. The zero-order valence-corrected chi connectivity index (χ0v) is 14.1. The summed E-state index contributed by atoms with van der Waals surface area (Å²) in [6.45, 7) is 3.61. The van der Waals surface area contributed by atoms with Gasteiger partial charge < -0.3 is 9.47 Å². The minimum absolute atomic E-state index is 0.206. The van der Waals surface area contributed by atoms with Gasteiger partial charge in [0.15, 0.2) is 0 Å². The van der Waals surface area contributed by atoms with E-state index in [4.69, 9.17) is 0 Å². The second-order valence-corrected chi connectivity index (χ2v) is 6.74. The summed E-state index contributed by atoms with van der Waals surface area (Å²) in [5.41, 5.74) is 3.44. The number of aryl methyl sites for hydroxylation is 2. The highest BCUT2D eigenvalue weighted by atomic mass is 16.2. The Labute approximate surface area is 141 Å². The van der Waals surface area contributed by atoms with E-state index in [2.05, 4.69) is 34.2 Å². The number of amides is 1. The molecule has 1 fully saturated rings. The Balaban J connectivity index is 1.48. The standard InChI is InChI=1S/C19H22N4O/c1-14-10-20-23(11-14)16-7-8-22(13-16)19(24)9-15-12-21(2)18-6-4-3-5-17(15)18/h3-6,10-12,16H,7-9,13H2,1-2H3. The Morgan fingerprint density at radius 3 is 2.92 bits per heavy atom. The SMILES string of the molecule is Cc1cnn(C2CCN(C(=O)Cc3cn(C)c4ccccc34)C2)c1. The average Bonchev–Trinajstić information content (AvgIpc) is 3.28. The summed E-state index contributed by atoms with van der Waals surface area (Å²) < 4.78 is 4.10. The van der Waals surface area contributed by atoms with Crippen molar-refractivity contribution in [1.29, 1.82) is 0 Å². The number of carbonyl (C=O) groups is 1. The molecule has 1 saturated heterocycles. The monoisotopic (exact) mass is 322 g/mol. The van der Waals surface area contributed by atoms with Crippen molar-refractivity contribution in [2.45, 2.75) is 25.8 Å². The number of hydrogen-bond acceptors (Lipinski definition) is 2. The Bertz CT molecular complexity index is 892. The van der Waals surface area contributed by atoms with Gasteiger partial charge in [-0.05, 0) is 30.5 Å². The van der Waals surface area contributed by atoms with E-state index in [0.29, 0.717) is 12.5 Å². The normalized spacial score (nSPS) is 17.8. The second-order valence-electron chi connectivity index (χ2n) is 6.74. The van der Waals surface area contributed by atoms with Gasteiger partial charge in [-0.3, -0.25) is 9.48 Å². The molecule has 1 aromatic carbocycles. The molecule has 0 aliphatic carbocycles. The molecular weight excluding hydrogens is 300 g/mol. The highest BCUT2D eigenvalue weighted by molar-refractivity contribution is 5.89. The predicted octanol–water partition coefficient (Wildman–Crippen LogP) is 2.70. The van der Waals surface area contributed by atoms with Crippen LogP contribution in [0.2, 0.25) is 0 Å². The van der Waals surface area contributed by atoms with E-state index in [-0.39, 0.29) is 5.91 Å². The first-order chi connectivity index (χ1) is 11.6. The van der Waals surface area contributed by atoms with E-state index < -0.39 is 0 Å². The number of nitrogens with zero attached hydrogens (tertiary/aromatic N) is 4. The lowest BCUT2D eigenvalue weighted by molar-refractivity contribution is -0.129. The Kier molecular flexibility index (Phi) is 3.63. The van der Waals surface area contributed by atoms with Crippen molar-refractivity contribution in [2.75, 3.05) is 13.1 Å². The third-order valence-corrected chi connectivity index (χ3v) is 4.94. The minimum Gasteiger partial charge on any atom is -0.350 e. The van der Waals surface area contributed by atoms with Gasteiger partial charge in [-0.25, -0.2) is 0 Å². The second kappa shape index (κ2) is 5.82. The van der Waals surface area contributed by atoms with Crippen LogP contribution in [-0.4, -0.2) is 38.2 Å². The molecule has 0 saturated carbocycles. The Hall–Kier alpha value is -2.56. The summed E-state index contributed by atoms with van der Waals surface area (Å²) >= 11 is 0. The van der Waals surface area contributed by atoms with Crippen LogP contribution >= 0.6 is 0 Å². The molecular formula is C19H22N4O. The molecule has 124 valence electrons. The maximum atomic E-state index is 12.7. The number of hydrogen-bond donors (Lipinski definition) is 0. The molecule has 1 atom stereocenters. The van der Waals surface area contributed by atoms with Gasteiger partial charge in [0.2, 0.25) is 5.91 Å². The van der Waals surface area contributed by atoms with Gasteiger partial charge in [0.05, 0.1) is 18.7 Å². The third kappa shape index (κ3) is 2.60. The third-order valence-electron chi connectivity index (χ3n) is 4.94. The molecule has 4 rings (SSSR count). The van der Waals surface area contributed by atoms with Crippen LogP contribution in [0.4, 0.5) is 0 Å². The van der Waals surface area contributed by atoms with Crippen LogP contribution in [0.1, 0.15) is 23.6 Å². The van der Waals surface area contributed by atoms with Crippen molar-refractivity contribution in [3.63, 3.8) is 0 Å². The van der Waals surface area contributed by atoms with Crippen molar-refractivity contribution in [3.05, 3.63) is 54.0 Å². The molecule has 1 aliphatic rings. The first kappa shape index (κ1) is 15.0. The van der Waals surface area contributed by atoms with Crippen molar-refractivity contribution in [1.82, 2.24) is 19.2 Å². The van der Waals surface area contributed by atoms with Crippen LogP contribution in [0, 0.1) is 6.92 Å². The molecule has 0 bridgehead atoms. The van der Waals surface area contributed by atoms with Crippen LogP contribution in [0.5, 0.6) is 0 Å². The van der Waals surface area contributed by atoms with Gasteiger partial charge >= 0.3 is 0 Å². The zero-order valence-electron chi connectivity index (χ0n) is 14.1. The first-order valence-electron chi connectivity index (χ1n) is 8.43. The van der Waals surface area contributed by atoms with Crippen LogP contribution in [-0.2, 0) is 18.3 Å². The van der Waals surface area contributed by atoms with Gasteiger partial charge in [-0.15, -0.1) is 0 Å². The summed E-state index contributed by atoms with van der Waals surface area (Å²) in [5, 5.41) is 5.57. The molecule has 1 amide bonds. The maximum absolute atomic E-state index is 12.7. The lowest BCUT2D eigenvalue weighted by Crippen LogP contribution is -2.30. The molecule has 24 heavy (non-hydrogen) atoms. The molecule has 1 unspecified atom stereocenters. The van der Waals surface area contributed by atoms with Gasteiger partial charge in [0.25, 0.3) is 0 Å². The lowest BCUT2D eigenvalue weighted by atomic mass is 10.1. The topological polar surface area (TPSA) is 43.1 Å². The van der Waals surface area contributed by atoms with Crippen LogP contribution in [0.3, 0.4) is 0 Å². The molecule has 3 aromatic rings. The average molecular weight is 322 g/mol. The number of fused-ring (bicyclic) bond motifs is 1. The highest BCUT2D eigenvalue weighted by Crippen LogP contribution is 2.24. The summed E-state index contributed by atoms with van der Waals surface area (Å²) in [6, 6.07) is 8.55. The summed E-state index contributed by atoms with van der Waals surface area (Å²) in [7, 11) is 2.03. The fraction of sp³-hybridized carbons (Fsp3) is 0.368. The van der Waals surface area contributed by atoms with E-state index in [0.717, 1.165) is 30.6 Å². The number of carbonyl (C=O) groups excluding carboxylic acids is 1. The van der Waals surface area contributed by atoms with Crippen molar-refractivity contribution in [3.8, 4) is 0 Å². The number of benzene rings is 1. The quantitative estimate of drug-likeness (QED) is 0.744. The Morgan fingerprint density at radius 1 is 1.29 bits per heavy atom. The van der Waals surface area contributed by atoms with Crippen LogP contribution in [0.25, 0.3) is 10.9 Å². The van der Waals surface area contributed by atoms with E-state index in [1.165, 1.54) is 10.9 Å². The first-order valence-corrected chi connectivity index (χ1v) is 8.43. The van der Waals surface area contributed by atoms with Crippen molar-refractivity contribution < 1.29 is 4.79 Å². The number of rotatable bonds is 3. The zero-order chi connectivity index (χ0) is 16.7. The van der Waals surface area contributed by atoms with E-state index >= 15 is 0 Å². The lowest BCUT2D eigenvalue weighted by Gasteiger charge is -2.16. The van der Waals surface area contributed by atoms with Crippen LogP contribution < -0.4 is 0 Å².